The van der Waals surface area contributed by atoms with E-state index in [9.17, 15) is 4.79 Å². The molecule has 1 aromatic heterocycles. The second-order valence-corrected chi connectivity index (χ2v) is 7.93. The van der Waals surface area contributed by atoms with E-state index in [1.165, 1.54) is 5.56 Å². The highest BCUT2D eigenvalue weighted by atomic mass is 79.9. The number of amides is 1. The van der Waals surface area contributed by atoms with Gasteiger partial charge in [-0.25, -0.2) is 9.78 Å². The molecule has 0 spiro atoms. The zero-order valence-electron chi connectivity index (χ0n) is 13.5. The molecule has 0 aromatic carbocycles. The van der Waals surface area contributed by atoms with Crippen LogP contribution in [0.25, 0.3) is 0 Å². The molecule has 6 heteroatoms. The molecule has 1 amide bonds. The largest absolute Gasteiger partial charge is 0.444 e. The van der Waals surface area contributed by atoms with Crippen molar-refractivity contribution >= 4 is 27.8 Å². The molecule has 1 aromatic rings. The van der Waals surface area contributed by atoms with Crippen LogP contribution in [-0.4, -0.2) is 46.8 Å². The number of pyridine rings is 1. The molecule has 1 saturated heterocycles. The maximum Gasteiger partial charge on any atom is 0.410 e. The van der Waals surface area contributed by atoms with Gasteiger partial charge >= 0.3 is 6.09 Å². The summed E-state index contributed by atoms with van der Waals surface area (Å²) in [5, 5.41) is 0. The summed E-state index contributed by atoms with van der Waals surface area (Å²) in [5.41, 5.74) is 0.800. The van der Waals surface area contributed by atoms with Gasteiger partial charge in [0.15, 0.2) is 0 Å². The van der Waals surface area contributed by atoms with Gasteiger partial charge in [-0.2, -0.15) is 0 Å². The Morgan fingerprint density at radius 3 is 2.77 bits per heavy atom. The number of fused-ring (bicyclic) bond motifs is 3. The summed E-state index contributed by atoms with van der Waals surface area (Å²) >= 11 is 3.45. The smallest absolute Gasteiger partial charge is 0.410 e. The van der Waals surface area contributed by atoms with Crippen molar-refractivity contribution in [3.63, 3.8) is 0 Å². The van der Waals surface area contributed by atoms with E-state index in [0.717, 1.165) is 16.8 Å². The van der Waals surface area contributed by atoms with E-state index < -0.39 is 5.60 Å². The molecule has 5 nitrogen and oxygen atoms in total. The maximum atomic E-state index is 12.3. The van der Waals surface area contributed by atoms with Crippen LogP contribution in [0, 0.1) is 0 Å². The van der Waals surface area contributed by atoms with Gasteiger partial charge in [-0.1, -0.05) is 6.07 Å². The monoisotopic (exact) mass is 367 g/mol. The van der Waals surface area contributed by atoms with Crippen molar-refractivity contribution in [3.8, 4) is 0 Å². The summed E-state index contributed by atoms with van der Waals surface area (Å²) in [6, 6.07) is 4.62. The number of nitrogens with zero attached hydrogens (tertiary/aromatic N) is 3. The van der Waals surface area contributed by atoms with E-state index in [-0.39, 0.29) is 18.2 Å². The highest BCUT2D eigenvalue weighted by molar-refractivity contribution is 9.10. The van der Waals surface area contributed by atoms with Crippen LogP contribution in [0.15, 0.2) is 16.7 Å². The van der Waals surface area contributed by atoms with Crippen molar-refractivity contribution in [2.45, 2.75) is 51.8 Å². The molecule has 1 fully saturated rings. The average Bonchev–Trinajstić information content (AvgIpc) is 2.74. The van der Waals surface area contributed by atoms with Crippen LogP contribution in [0.4, 0.5) is 10.6 Å². The average molecular weight is 368 g/mol. The van der Waals surface area contributed by atoms with E-state index in [2.05, 4.69) is 38.8 Å². The lowest BCUT2D eigenvalue weighted by atomic mass is 10.1. The van der Waals surface area contributed by atoms with Gasteiger partial charge < -0.3 is 14.5 Å². The predicted octanol–water partition coefficient (Wildman–Crippen LogP) is 3.21. The fourth-order valence-corrected chi connectivity index (χ4v) is 3.59. The Labute approximate surface area is 139 Å². The van der Waals surface area contributed by atoms with Crippen LogP contribution < -0.4 is 4.90 Å². The molecule has 22 heavy (non-hydrogen) atoms. The normalized spacial score (nSPS) is 24.0. The third kappa shape index (κ3) is 2.93. The second-order valence-electron chi connectivity index (χ2n) is 7.12. The number of anilines is 1. The number of aromatic nitrogens is 1. The van der Waals surface area contributed by atoms with E-state index in [4.69, 9.17) is 4.74 Å². The summed E-state index contributed by atoms with van der Waals surface area (Å²) < 4.78 is 6.37. The van der Waals surface area contributed by atoms with Gasteiger partial charge in [0.1, 0.15) is 16.0 Å². The Balaban J connectivity index is 1.78. The zero-order valence-corrected chi connectivity index (χ0v) is 15.1. The second kappa shape index (κ2) is 5.41. The van der Waals surface area contributed by atoms with Crippen molar-refractivity contribution in [3.05, 3.63) is 22.3 Å². The van der Waals surface area contributed by atoms with Gasteiger partial charge in [0.05, 0.1) is 6.04 Å². The van der Waals surface area contributed by atoms with Gasteiger partial charge in [0.2, 0.25) is 0 Å². The minimum absolute atomic E-state index is 0.218. The van der Waals surface area contributed by atoms with Gasteiger partial charge in [0.25, 0.3) is 0 Å². The fourth-order valence-electron chi connectivity index (χ4n) is 3.29. The number of carbonyl (C=O) groups is 1. The molecular weight excluding hydrogens is 346 g/mol. The Kier molecular flexibility index (Phi) is 3.83. The van der Waals surface area contributed by atoms with E-state index >= 15 is 0 Å². The number of carbonyl (C=O) groups excluding carboxylic acids is 1. The molecule has 3 heterocycles. The molecule has 3 rings (SSSR count). The molecule has 0 aliphatic carbocycles. The number of ether oxygens (including phenoxy) is 1. The van der Waals surface area contributed by atoms with Gasteiger partial charge in [-0.15, -0.1) is 0 Å². The van der Waals surface area contributed by atoms with Crippen molar-refractivity contribution in [2.24, 2.45) is 0 Å². The maximum absolute atomic E-state index is 12.3. The standard InChI is InChI=1S/C16H22BrN3O2/c1-10-8-19(15(21)22-16(2,3)4)9-12-7-11-5-6-13(17)18-14(11)20(10)12/h5-6,10,12H,7-9H2,1-4H3/t10-,12?/m1/s1. The molecule has 0 N–H and O–H groups in total. The Bertz CT molecular complexity index is 600. The highest BCUT2D eigenvalue weighted by Crippen LogP contribution is 2.36. The van der Waals surface area contributed by atoms with Crippen molar-refractivity contribution in [1.29, 1.82) is 0 Å². The number of piperazine rings is 1. The minimum atomic E-state index is -0.456. The first-order chi connectivity index (χ1) is 10.2. The van der Waals surface area contributed by atoms with Crippen LogP contribution in [-0.2, 0) is 11.2 Å². The third-order valence-electron chi connectivity index (χ3n) is 4.06. The third-order valence-corrected chi connectivity index (χ3v) is 4.50. The lowest BCUT2D eigenvalue weighted by Gasteiger charge is -2.43. The molecule has 2 atom stereocenters. The summed E-state index contributed by atoms with van der Waals surface area (Å²) in [6.07, 6.45) is 0.711. The van der Waals surface area contributed by atoms with Crippen molar-refractivity contribution < 1.29 is 9.53 Å². The number of hydrogen-bond donors (Lipinski definition) is 0. The van der Waals surface area contributed by atoms with Crippen molar-refractivity contribution in [1.82, 2.24) is 9.88 Å². The number of halogens is 1. The van der Waals surface area contributed by atoms with E-state index in [1.807, 2.05) is 31.7 Å². The molecule has 1 unspecified atom stereocenters. The van der Waals surface area contributed by atoms with Crippen LogP contribution in [0.1, 0.15) is 33.3 Å². The quantitative estimate of drug-likeness (QED) is 0.660. The first-order valence-corrected chi connectivity index (χ1v) is 8.45. The van der Waals surface area contributed by atoms with Crippen LogP contribution in [0.5, 0.6) is 0 Å². The van der Waals surface area contributed by atoms with E-state index in [0.29, 0.717) is 13.1 Å². The highest BCUT2D eigenvalue weighted by Gasteiger charge is 2.41. The lowest BCUT2D eigenvalue weighted by molar-refractivity contribution is 0.0191. The number of hydrogen-bond acceptors (Lipinski definition) is 4. The van der Waals surface area contributed by atoms with Crippen LogP contribution in [0.3, 0.4) is 0 Å². The Morgan fingerprint density at radius 2 is 2.09 bits per heavy atom. The molecule has 120 valence electrons. The van der Waals surface area contributed by atoms with Crippen LogP contribution in [0.2, 0.25) is 0 Å². The SMILES string of the molecule is C[C@@H]1CN(C(=O)OC(C)(C)C)CC2Cc3ccc(Br)nc3N21. The first kappa shape index (κ1) is 15.6. The first-order valence-electron chi connectivity index (χ1n) is 7.66. The topological polar surface area (TPSA) is 45.7 Å². The summed E-state index contributed by atoms with van der Waals surface area (Å²) in [5.74, 6) is 1.05. The molecule has 2 aliphatic heterocycles. The Hall–Kier alpha value is -1.30. The molecule has 0 radical (unpaired) electrons. The summed E-state index contributed by atoms with van der Waals surface area (Å²) in [7, 11) is 0. The van der Waals surface area contributed by atoms with Gasteiger partial charge in [-0.05, 0) is 61.7 Å². The zero-order chi connectivity index (χ0) is 16.1. The molecule has 0 saturated carbocycles. The molecule has 2 aliphatic rings. The predicted molar refractivity (Wildman–Crippen MR) is 89.2 cm³/mol. The van der Waals surface area contributed by atoms with Crippen LogP contribution >= 0.6 is 15.9 Å². The van der Waals surface area contributed by atoms with Gasteiger partial charge in [-0.3, -0.25) is 0 Å². The summed E-state index contributed by atoms with van der Waals surface area (Å²) in [6.45, 7) is 9.19. The summed E-state index contributed by atoms with van der Waals surface area (Å²) in [4.78, 5) is 21.1. The van der Waals surface area contributed by atoms with Crippen molar-refractivity contribution in [2.75, 3.05) is 18.0 Å². The minimum Gasteiger partial charge on any atom is -0.444 e. The van der Waals surface area contributed by atoms with E-state index in [1.54, 1.807) is 0 Å². The molecular formula is C16H22BrN3O2. The van der Waals surface area contributed by atoms with Gasteiger partial charge in [0, 0.05) is 19.1 Å². The fraction of sp³-hybridized carbons (Fsp3) is 0.625. The Morgan fingerprint density at radius 1 is 1.36 bits per heavy atom. The number of rotatable bonds is 0. The molecule has 0 bridgehead atoms. The lowest BCUT2D eigenvalue weighted by Crippen LogP contribution is -2.58.